The Morgan fingerprint density at radius 3 is 2.96 bits per heavy atom. The summed E-state index contributed by atoms with van der Waals surface area (Å²) in [5.41, 5.74) is 3.29. The van der Waals surface area contributed by atoms with Crippen molar-refractivity contribution >= 4 is 23.7 Å². The Hall–Kier alpha value is -3.55. The summed E-state index contributed by atoms with van der Waals surface area (Å²) in [5.74, 6) is 0.245. The molecule has 0 atom stereocenters. The van der Waals surface area contributed by atoms with E-state index in [1.54, 1.807) is 36.4 Å². The summed E-state index contributed by atoms with van der Waals surface area (Å²) in [5, 5.41) is 13.7. The van der Waals surface area contributed by atoms with E-state index in [0.29, 0.717) is 22.7 Å². The first-order valence-electron chi connectivity index (χ1n) is 7.79. The van der Waals surface area contributed by atoms with Crippen molar-refractivity contribution in [2.24, 2.45) is 5.10 Å². The molecule has 1 aliphatic rings. The van der Waals surface area contributed by atoms with Gasteiger partial charge in [0.2, 0.25) is 0 Å². The first-order chi connectivity index (χ1) is 12.6. The number of aromatic hydroxyl groups is 1. The van der Waals surface area contributed by atoms with Crippen molar-refractivity contribution in [1.82, 2.24) is 5.43 Å². The summed E-state index contributed by atoms with van der Waals surface area (Å²) in [6, 6.07) is 11.7. The van der Waals surface area contributed by atoms with Crippen molar-refractivity contribution in [2.75, 3.05) is 25.2 Å². The highest BCUT2D eigenvalue weighted by molar-refractivity contribution is 6.02. The van der Waals surface area contributed by atoms with Gasteiger partial charge in [0.05, 0.1) is 19.0 Å². The van der Waals surface area contributed by atoms with E-state index in [4.69, 9.17) is 9.47 Å². The number of methoxy groups -OCH3 is 1. The van der Waals surface area contributed by atoms with E-state index >= 15 is 0 Å². The molecule has 0 bridgehead atoms. The number of hydrazone groups is 1. The summed E-state index contributed by atoms with van der Waals surface area (Å²) in [7, 11) is 1.49. The summed E-state index contributed by atoms with van der Waals surface area (Å²) < 4.78 is 10.3. The van der Waals surface area contributed by atoms with E-state index in [1.807, 2.05) is 0 Å². The second-order valence-corrected chi connectivity index (χ2v) is 5.45. The van der Waals surface area contributed by atoms with Crippen LogP contribution in [0, 0.1) is 0 Å². The van der Waals surface area contributed by atoms with Crippen LogP contribution in [0.4, 0.5) is 5.69 Å². The highest BCUT2D eigenvalue weighted by Gasteiger charge is 2.26. The molecular formula is C18H17N3O5. The maximum Gasteiger partial charge on any atom is 0.265 e. The van der Waals surface area contributed by atoms with E-state index in [9.17, 15) is 14.7 Å². The van der Waals surface area contributed by atoms with Gasteiger partial charge in [0, 0.05) is 11.6 Å². The zero-order valence-corrected chi connectivity index (χ0v) is 14.0. The summed E-state index contributed by atoms with van der Waals surface area (Å²) in [4.78, 5) is 25.5. The molecule has 0 spiro atoms. The fourth-order valence-corrected chi connectivity index (χ4v) is 2.44. The lowest BCUT2D eigenvalue weighted by atomic mass is 10.2. The molecule has 0 radical (unpaired) electrons. The van der Waals surface area contributed by atoms with E-state index in [0.717, 1.165) is 0 Å². The van der Waals surface area contributed by atoms with Crippen LogP contribution >= 0.6 is 0 Å². The molecule has 0 aliphatic carbocycles. The molecule has 8 nitrogen and oxygen atoms in total. The molecule has 0 aromatic heterocycles. The first kappa shape index (κ1) is 17.3. The van der Waals surface area contributed by atoms with Crippen LogP contribution in [-0.2, 0) is 9.59 Å². The van der Waals surface area contributed by atoms with Gasteiger partial charge < -0.3 is 14.6 Å². The Kier molecular flexibility index (Phi) is 5.02. The Morgan fingerprint density at radius 2 is 2.19 bits per heavy atom. The van der Waals surface area contributed by atoms with E-state index in [2.05, 4.69) is 10.5 Å². The molecule has 134 valence electrons. The number of nitrogens with zero attached hydrogens (tertiary/aromatic N) is 2. The SMILES string of the molecule is COc1ccc(/C=N/NC(=O)CN2C(=O)COc3ccccc32)c(O)c1. The molecule has 0 unspecified atom stereocenters. The van der Waals surface area contributed by atoms with Crippen LogP contribution in [0.5, 0.6) is 17.2 Å². The Bertz CT molecular complexity index is 866. The van der Waals surface area contributed by atoms with Crippen LogP contribution in [0.3, 0.4) is 0 Å². The van der Waals surface area contributed by atoms with Gasteiger partial charge in [-0.1, -0.05) is 12.1 Å². The molecule has 1 heterocycles. The minimum atomic E-state index is -0.473. The number of phenols is 1. The topological polar surface area (TPSA) is 100 Å². The number of hydrogen-bond acceptors (Lipinski definition) is 6. The van der Waals surface area contributed by atoms with Gasteiger partial charge in [-0.25, -0.2) is 5.43 Å². The van der Waals surface area contributed by atoms with Crippen LogP contribution in [-0.4, -0.2) is 43.4 Å². The highest BCUT2D eigenvalue weighted by Crippen LogP contribution is 2.31. The van der Waals surface area contributed by atoms with Crippen LogP contribution in [0.2, 0.25) is 0 Å². The number of rotatable bonds is 5. The number of carbonyl (C=O) groups is 2. The van der Waals surface area contributed by atoms with Gasteiger partial charge in [-0.2, -0.15) is 5.10 Å². The molecule has 0 fully saturated rings. The summed E-state index contributed by atoms with van der Waals surface area (Å²) in [6.45, 7) is -0.307. The number of carbonyl (C=O) groups excluding carboxylic acids is 2. The number of benzene rings is 2. The standard InChI is InChI=1S/C18H17N3O5/c1-25-13-7-6-12(15(22)8-13)9-19-20-17(23)10-21-14-4-2-3-5-16(14)26-11-18(21)24/h2-9,22H,10-11H2,1H3,(H,20,23)/b19-9+. The lowest BCUT2D eigenvalue weighted by Crippen LogP contribution is -2.44. The van der Waals surface area contributed by atoms with E-state index < -0.39 is 5.91 Å². The van der Waals surface area contributed by atoms with Crippen LogP contribution in [0.1, 0.15) is 5.56 Å². The molecule has 2 N–H and O–H groups in total. The van der Waals surface area contributed by atoms with E-state index in [-0.39, 0.29) is 24.8 Å². The van der Waals surface area contributed by atoms with Crippen LogP contribution in [0.15, 0.2) is 47.6 Å². The molecule has 2 aromatic rings. The summed E-state index contributed by atoms with van der Waals surface area (Å²) in [6.07, 6.45) is 1.31. The van der Waals surface area contributed by atoms with Gasteiger partial charge in [-0.3, -0.25) is 14.5 Å². The van der Waals surface area contributed by atoms with Gasteiger partial charge in [-0.05, 0) is 24.3 Å². The number of nitrogens with one attached hydrogen (secondary N) is 1. The maximum absolute atomic E-state index is 12.1. The van der Waals surface area contributed by atoms with Gasteiger partial charge >= 0.3 is 0 Å². The van der Waals surface area contributed by atoms with Crippen molar-refractivity contribution in [3.63, 3.8) is 0 Å². The zero-order chi connectivity index (χ0) is 18.5. The van der Waals surface area contributed by atoms with Crippen molar-refractivity contribution in [3.05, 3.63) is 48.0 Å². The predicted molar refractivity (Wildman–Crippen MR) is 94.7 cm³/mol. The van der Waals surface area contributed by atoms with Gasteiger partial charge in [0.1, 0.15) is 23.8 Å². The van der Waals surface area contributed by atoms with Crippen molar-refractivity contribution < 1.29 is 24.2 Å². The second kappa shape index (κ2) is 7.56. The van der Waals surface area contributed by atoms with E-state index in [1.165, 1.54) is 24.3 Å². The quantitative estimate of drug-likeness (QED) is 0.622. The van der Waals surface area contributed by atoms with Crippen LogP contribution < -0.4 is 19.8 Å². The molecule has 3 rings (SSSR count). The zero-order valence-electron chi connectivity index (χ0n) is 14.0. The minimum Gasteiger partial charge on any atom is -0.507 e. The molecule has 1 aliphatic heterocycles. The molecule has 2 amide bonds. The molecule has 0 saturated carbocycles. The van der Waals surface area contributed by atoms with Gasteiger partial charge in [0.25, 0.3) is 11.8 Å². The Morgan fingerprint density at radius 1 is 1.38 bits per heavy atom. The largest absolute Gasteiger partial charge is 0.507 e. The average molecular weight is 355 g/mol. The average Bonchev–Trinajstić information content (AvgIpc) is 2.65. The van der Waals surface area contributed by atoms with Crippen molar-refractivity contribution in [3.8, 4) is 17.2 Å². The number of hydrogen-bond donors (Lipinski definition) is 2. The number of fused-ring (bicyclic) bond motifs is 1. The molecule has 26 heavy (non-hydrogen) atoms. The minimum absolute atomic E-state index is 0.0281. The number of amides is 2. The fourth-order valence-electron chi connectivity index (χ4n) is 2.44. The van der Waals surface area contributed by atoms with Gasteiger partial charge in [-0.15, -0.1) is 0 Å². The molecule has 2 aromatic carbocycles. The number of phenolic OH excluding ortho intramolecular Hbond substituents is 1. The summed E-state index contributed by atoms with van der Waals surface area (Å²) >= 11 is 0. The third-order valence-corrected chi connectivity index (χ3v) is 3.74. The fraction of sp³-hybridized carbons (Fsp3) is 0.167. The molecular weight excluding hydrogens is 338 g/mol. The third kappa shape index (κ3) is 3.75. The third-order valence-electron chi connectivity index (χ3n) is 3.74. The predicted octanol–water partition coefficient (Wildman–Crippen LogP) is 1.28. The highest BCUT2D eigenvalue weighted by atomic mass is 16.5. The van der Waals surface area contributed by atoms with Crippen LogP contribution in [0.25, 0.3) is 0 Å². The maximum atomic E-state index is 12.1. The van der Waals surface area contributed by atoms with Crippen molar-refractivity contribution in [2.45, 2.75) is 0 Å². The van der Waals surface area contributed by atoms with Gasteiger partial charge in [0.15, 0.2) is 6.61 Å². The smallest absolute Gasteiger partial charge is 0.265 e. The Balaban J connectivity index is 1.63. The lowest BCUT2D eigenvalue weighted by molar-refractivity contribution is -0.125. The molecule has 8 heteroatoms. The normalized spacial score (nSPS) is 13.3. The monoisotopic (exact) mass is 355 g/mol. The number of anilines is 1. The van der Waals surface area contributed by atoms with Crippen molar-refractivity contribution in [1.29, 1.82) is 0 Å². The lowest BCUT2D eigenvalue weighted by Gasteiger charge is -2.28. The Labute approximate surface area is 149 Å². The molecule has 0 saturated heterocycles. The first-order valence-corrected chi connectivity index (χ1v) is 7.79. The second-order valence-electron chi connectivity index (χ2n) is 5.45. The number of ether oxygens (including phenoxy) is 2. The number of para-hydroxylation sites is 2.